The fourth-order valence-electron chi connectivity index (χ4n) is 5.62. The van der Waals surface area contributed by atoms with Crippen molar-refractivity contribution in [3.63, 3.8) is 0 Å². The lowest BCUT2D eigenvalue weighted by atomic mass is 10.1. The fraction of sp³-hybridized carbons (Fsp3) is 0.318. The summed E-state index contributed by atoms with van der Waals surface area (Å²) in [6, 6.07) is 26.3. The predicted octanol–water partition coefficient (Wildman–Crippen LogP) is 7.53. The van der Waals surface area contributed by atoms with Gasteiger partial charge in [-0.2, -0.15) is 10.2 Å². The Morgan fingerprint density at radius 1 is 0.661 bits per heavy atom. The topological polar surface area (TPSA) is 158 Å². The number of ether oxygens (including phenoxy) is 4. The predicted molar refractivity (Wildman–Crippen MR) is 229 cm³/mol. The van der Waals surface area contributed by atoms with Crippen molar-refractivity contribution >= 4 is 34.8 Å². The van der Waals surface area contributed by atoms with Gasteiger partial charge in [-0.3, -0.25) is 9.59 Å². The van der Waals surface area contributed by atoms with Crippen molar-refractivity contribution in [2.45, 2.75) is 53.0 Å². The molecule has 4 heterocycles. The van der Waals surface area contributed by atoms with Crippen LogP contribution in [0.3, 0.4) is 0 Å². The van der Waals surface area contributed by atoms with Crippen LogP contribution in [0.25, 0.3) is 11.4 Å². The summed E-state index contributed by atoms with van der Waals surface area (Å²) >= 11 is 12.0. The lowest BCUT2D eigenvalue weighted by Crippen LogP contribution is -2.08. The van der Waals surface area contributed by atoms with Gasteiger partial charge in [-0.25, -0.2) is 19.3 Å². The summed E-state index contributed by atoms with van der Waals surface area (Å²) in [5, 5.41) is 10.3. The highest BCUT2D eigenvalue weighted by molar-refractivity contribution is 6.31. The van der Waals surface area contributed by atoms with Gasteiger partial charge in [-0.05, 0) is 86.8 Å². The number of aryl methyl sites for hydroxylation is 3. The fourth-order valence-corrected chi connectivity index (χ4v) is 5.99. The van der Waals surface area contributed by atoms with E-state index in [0.717, 1.165) is 45.3 Å². The van der Waals surface area contributed by atoms with Gasteiger partial charge in [0.15, 0.2) is 0 Å². The van der Waals surface area contributed by atoms with E-state index in [9.17, 15) is 9.59 Å². The molecule has 0 saturated heterocycles. The largest absolute Gasteiger partial charge is 0.475 e. The number of nitrogens with two attached hydrogens (primary N) is 1. The molecule has 0 bridgehead atoms. The second-order valence-corrected chi connectivity index (χ2v) is 14.2. The smallest absolute Gasteiger partial charge is 0.213 e. The van der Waals surface area contributed by atoms with E-state index in [2.05, 4.69) is 20.2 Å². The van der Waals surface area contributed by atoms with Crippen molar-refractivity contribution in [1.29, 1.82) is 0 Å². The number of methoxy groups -OCH3 is 2. The minimum Gasteiger partial charge on any atom is -0.475 e. The number of carbonyl (C=O) groups is 2. The Morgan fingerprint density at radius 3 is 1.59 bits per heavy atom. The third-order valence-corrected chi connectivity index (χ3v) is 8.78. The highest BCUT2D eigenvalue weighted by Gasteiger charge is 2.12. The lowest BCUT2D eigenvalue weighted by Gasteiger charge is -2.08. The summed E-state index contributed by atoms with van der Waals surface area (Å²) in [4.78, 5) is 31.6. The molecule has 0 radical (unpaired) electrons. The number of rotatable bonds is 18. The van der Waals surface area contributed by atoms with E-state index in [1.54, 1.807) is 45.7 Å². The molecule has 312 valence electrons. The van der Waals surface area contributed by atoms with Gasteiger partial charge in [-0.15, -0.1) is 0 Å². The molecule has 59 heavy (non-hydrogen) atoms. The first-order chi connectivity index (χ1) is 28.5. The number of pyridine rings is 2. The number of aromatic nitrogens is 6. The molecule has 15 heteroatoms. The minimum absolute atomic E-state index is 0.129. The molecule has 0 atom stereocenters. The summed E-state index contributed by atoms with van der Waals surface area (Å²) in [7, 11) is 3.24. The number of benzene rings is 2. The number of halogens is 2. The summed E-state index contributed by atoms with van der Waals surface area (Å²) in [6.45, 7) is 7.88. The molecule has 0 unspecified atom stereocenters. The monoisotopic (exact) mass is 843 g/mol. The van der Waals surface area contributed by atoms with Crippen molar-refractivity contribution in [2.75, 3.05) is 40.6 Å². The first-order valence-electron chi connectivity index (χ1n) is 19.0. The Labute approximate surface area is 355 Å². The van der Waals surface area contributed by atoms with Gasteiger partial charge in [-0.1, -0.05) is 47.5 Å². The molecular formula is C44H51Cl2N7O6. The van der Waals surface area contributed by atoms with Crippen LogP contribution in [0.5, 0.6) is 11.8 Å². The molecule has 2 N–H and O–H groups in total. The zero-order chi connectivity index (χ0) is 42.6. The molecule has 0 aliphatic rings. The second-order valence-electron chi connectivity index (χ2n) is 13.3. The minimum atomic E-state index is 0.129. The van der Waals surface area contributed by atoms with Gasteiger partial charge in [0, 0.05) is 80.3 Å². The van der Waals surface area contributed by atoms with Crippen LogP contribution in [0.4, 0.5) is 0 Å². The third-order valence-electron chi connectivity index (χ3n) is 8.31. The Morgan fingerprint density at radius 2 is 1.15 bits per heavy atom. The number of Topliss-reactive ketones (excluding diaryl/α,β-unsaturated/α-hetero) is 2. The zero-order valence-corrected chi connectivity index (χ0v) is 35.6. The van der Waals surface area contributed by atoms with Gasteiger partial charge in [0.05, 0.1) is 41.7 Å². The second kappa shape index (κ2) is 24.5. The van der Waals surface area contributed by atoms with E-state index in [1.165, 1.54) is 0 Å². The number of ketones is 2. The molecule has 0 aliphatic carbocycles. The van der Waals surface area contributed by atoms with Crippen molar-refractivity contribution in [3.05, 3.63) is 141 Å². The highest BCUT2D eigenvalue weighted by Crippen LogP contribution is 2.20. The molecule has 0 amide bonds. The molecular weight excluding hydrogens is 793 g/mol. The summed E-state index contributed by atoms with van der Waals surface area (Å²) < 4.78 is 24.2. The lowest BCUT2D eigenvalue weighted by molar-refractivity contribution is -0.118. The third kappa shape index (κ3) is 16.0. The van der Waals surface area contributed by atoms with Crippen molar-refractivity contribution in [3.8, 4) is 23.1 Å². The van der Waals surface area contributed by atoms with Crippen LogP contribution in [-0.2, 0) is 44.9 Å². The van der Waals surface area contributed by atoms with Crippen molar-refractivity contribution < 1.29 is 28.5 Å². The Bertz CT molecular complexity index is 2210. The van der Waals surface area contributed by atoms with E-state index in [0.29, 0.717) is 80.5 Å². The molecule has 13 nitrogen and oxygen atoms in total. The average Bonchev–Trinajstić information content (AvgIpc) is 3.80. The summed E-state index contributed by atoms with van der Waals surface area (Å²) in [5.41, 5.74) is 13.1. The van der Waals surface area contributed by atoms with Crippen molar-refractivity contribution in [1.82, 2.24) is 29.5 Å². The molecule has 4 aromatic heterocycles. The summed E-state index contributed by atoms with van der Waals surface area (Å²) in [5.74, 6) is 1.36. The highest BCUT2D eigenvalue weighted by atomic mass is 35.5. The van der Waals surface area contributed by atoms with Gasteiger partial charge < -0.3 is 24.7 Å². The van der Waals surface area contributed by atoms with E-state index in [-0.39, 0.29) is 11.6 Å². The molecule has 6 aromatic rings. The maximum atomic E-state index is 12.5. The van der Waals surface area contributed by atoms with Crippen LogP contribution in [-0.4, -0.2) is 81.7 Å². The van der Waals surface area contributed by atoms with Gasteiger partial charge in [0.1, 0.15) is 24.8 Å². The number of hydrogen-bond acceptors (Lipinski definition) is 11. The normalized spacial score (nSPS) is 10.6. The van der Waals surface area contributed by atoms with Crippen LogP contribution < -0.4 is 15.2 Å². The molecule has 2 aromatic carbocycles. The summed E-state index contributed by atoms with van der Waals surface area (Å²) in [6.07, 6.45) is 5.14. The van der Waals surface area contributed by atoms with Gasteiger partial charge in [0.2, 0.25) is 11.8 Å². The molecule has 0 fully saturated rings. The quantitative estimate of drug-likeness (QED) is 0.0853. The molecule has 0 saturated carbocycles. The maximum absolute atomic E-state index is 12.5. The van der Waals surface area contributed by atoms with Crippen LogP contribution in [0.15, 0.2) is 97.3 Å². The maximum Gasteiger partial charge on any atom is 0.213 e. The number of nitrogens with zero attached hydrogens (tertiary/aromatic N) is 6. The van der Waals surface area contributed by atoms with E-state index in [1.807, 2.05) is 96.0 Å². The number of carbonyl (C=O) groups excluding carboxylic acids is 2. The zero-order valence-electron chi connectivity index (χ0n) is 34.1. The number of hydrogen-bond donors (Lipinski definition) is 1. The van der Waals surface area contributed by atoms with Crippen molar-refractivity contribution in [2.24, 2.45) is 5.73 Å². The van der Waals surface area contributed by atoms with Crippen LogP contribution in [0.1, 0.15) is 47.2 Å². The Balaban J connectivity index is 0.000000215. The first kappa shape index (κ1) is 46.3. The molecule has 0 spiro atoms. The average molecular weight is 845 g/mol. The molecule has 0 aliphatic heterocycles. The molecule has 6 rings (SSSR count). The van der Waals surface area contributed by atoms with Gasteiger partial charge >= 0.3 is 0 Å². The van der Waals surface area contributed by atoms with Gasteiger partial charge in [0.25, 0.3) is 0 Å². The van der Waals surface area contributed by atoms with Crippen LogP contribution in [0, 0.1) is 13.8 Å². The van der Waals surface area contributed by atoms with E-state index >= 15 is 0 Å². The Kier molecular flexibility index (Phi) is 19.2. The van der Waals surface area contributed by atoms with Crippen LogP contribution in [0.2, 0.25) is 10.0 Å². The Hall–Kier alpha value is -5.44. The van der Waals surface area contributed by atoms with E-state index < -0.39 is 0 Å². The van der Waals surface area contributed by atoms with E-state index in [4.69, 9.17) is 47.9 Å². The first-order valence-corrected chi connectivity index (χ1v) is 19.7. The SMILES string of the molecule is COCCOc1ccc(CC(=O)CCc2cc(C)nn2-c2cccc(Cl)c2)cn1.COCCOc1ccc(CC(C)=O)cn1.Cc1cc(CN)n(-c2cccc(Cl)c2)n1. The standard InChI is InChI=1S/C22H24ClN3O3.C11H12ClN3.C11H15NO3/c1-16-12-20(26(25-16)19-5-3-4-18(23)14-19)7-8-21(27)13-17-6-9-22(24-15-17)29-11-10-28-2;1-8-5-11(7-13)15(14-8)10-4-2-3-9(12)6-10;1-9(13)7-10-3-4-11(12-8-10)15-6-5-14-2/h3-6,9,12,14-15H,7-8,10-11,13H2,1-2H3;2-6H,7,13H2,1H3;3-4,8H,5-7H2,1-2H3. The van der Waals surface area contributed by atoms with Crippen LogP contribution >= 0.6 is 23.2 Å².